The summed E-state index contributed by atoms with van der Waals surface area (Å²) in [4.78, 5) is 10.1. The molecule has 0 aromatic heterocycles. The number of hydrogen-bond donors (Lipinski definition) is 0. The van der Waals surface area contributed by atoms with Gasteiger partial charge < -0.3 is 4.74 Å². The molecule has 8 heteroatoms. The van der Waals surface area contributed by atoms with Crippen molar-refractivity contribution in [3.05, 3.63) is 0 Å². The summed E-state index contributed by atoms with van der Waals surface area (Å²) in [5.41, 5.74) is -4.45. The summed E-state index contributed by atoms with van der Waals surface area (Å²) in [6, 6.07) is 0. The third-order valence-corrected chi connectivity index (χ3v) is 1.43. The lowest BCUT2D eigenvalue weighted by atomic mass is 10.1. The predicted molar refractivity (Wildman–Crippen MR) is 32.3 cm³/mol. The molecule has 2 nitrogen and oxygen atoms in total. The van der Waals surface area contributed by atoms with Gasteiger partial charge in [-0.2, -0.15) is 26.3 Å². The molecule has 0 bridgehead atoms. The topological polar surface area (TPSA) is 26.3 Å². The van der Waals surface area contributed by atoms with E-state index in [1.54, 1.807) is 0 Å². The minimum Gasteiger partial charge on any atom is -0.440 e. The van der Waals surface area contributed by atoms with Gasteiger partial charge in [-0.1, -0.05) is 0 Å². The normalized spacial score (nSPS) is 14.0. The maximum atomic E-state index is 12.0. The van der Waals surface area contributed by atoms with Gasteiger partial charge in [0, 0.05) is 6.92 Å². The zero-order chi connectivity index (χ0) is 11.8. The van der Waals surface area contributed by atoms with Crippen LogP contribution >= 0.6 is 0 Å². The molecule has 0 spiro atoms. The molecule has 0 saturated heterocycles. The average Bonchev–Trinajstić information content (AvgIpc) is 1.79. The average molecular weight is 224 g/mol. The second kappa shape index (κ2) is 3.32. The summed E-state index contributed by atoms with van der Waals surface area (Å²) >= 11 is 0. The minimum absolute atomic E-state index is 0.242. The van der Waals surface area contributed by atoms with Crippen LogP contribution in [0.4, 0.5) is 26.3 Å². The van der Waals surface area contributed by atoms with Gasteiger partial charge in [0.15, 0.2) is 0 Å². The first-order valence-electron chi connectivity index (χ1n) is 3.25. The molecule has 0 aromatic carbocycles. The molecule has 0 amide bonds. The molecule has 84 valence electrons. The molecule has 0 aromatic rings. The number of ether oxygens (including phenoxy) is 1. The number of carbonyl (C=O) groups is 1. The van der Waals surface area contributed by atoms with Gasteiger partial charge in [0.25, 0.3) is 5.60 Å². The Morgan fingerprint density at radius 3 is 1.36 bits per heavy atom. The Labute approximate surface area is 74.8 Å². The van der Waals surface area contributed by atoms with E-state index in [1.165, 1.54) is 0 Å². The zero-order valence-electron chi connectivity index (χ0n) is 7.08. The highest BCUT2D eigenvalue weighted by Crippen LogP contribution is 2.45. The molecule has 0 radical (unpaired) electrons. The summed E-state index contributed by atoms with van der Waals surface area (Å²) in [6.07, 6.45) is -11.4. The van der Waals surface area contributed by atoms with E-state index in [4.69, 9.17) is 0 Å². The molecular formula is C6H6F6O2. The van der Waals surface area contributed by atoms with Crippen LogP contribution in [0, 0.1) is 0 Å². The summed E-state index contributed by atoms with van der Waals surface area (Å²) in [6.45, 7) is 0.226. The van der Waals surface area contributed by atoms with Gasteiger partial charge in [-0.05, 0) is 6.92 Å². The third kappa shape index (κ3) is 2.30. The predicted octanol–water partition coefficient (Wildman–Crippen LogP) is 2.43. The van der Waals surface area contributed by atoms with Crippen LogP contribution in [0.25, 0.3) is 0 Å². The fourth-order valence-corrected chi connectivity index (χ4v) is 0.564. The Hall–Kier alpha value is -0.950. The van der Waals surface area contributed by atoms with Gasteiger partial charge in [-0.25, -0.2) is 0 Å². The van der Waals surface area contributed by atoms with Crippen molar-refractivity contribution >= 4 is 5.97 Å². The third-order valence-electron chi connectivity index (χ3n) is 1.43. The van der Waals surface area contributed by atoms with Crippen LogP contribution in [-0.2, 0) is 9.53 Å². The van der Waals surface area contributed by atoms with E-state index in [1.807, 2.05) is 0 Å². The molecule has 14 heavy (non-hydrogen) atoms. The molecule has 0 saturated carbocycles. The monoisotopic (exact) mass is 224 g/mol. The zero-order valence-corrected chi connectivity index (χ0v) is 7.08. The molecule has 0 N–H and O–H groups in total. The highest BCUT2D eigenvalue weighted by Gasteiger charge is 2.70. The number of alkyl halides is 6. The van der Waals surface area contributed by atoms with Gasteiger partial charge in [0.2, 0.25) is 0 Å². The lowest BCUT2D eigenvalue weighted by molar-refractivity contribution is -0.362. The van der Waals surface area contributed by atoms with Crippen LogP contribution < -0.4 is 0 Å². The second-order valence-corrected chi connectivity index (χ2v) is 2.62. The molecule has 0 aliphatic carbocycles. The van der Waals surface area contributed by atoms with Crippen molar-refractivity contribution in [1.82, 2.24) is 0 Å². The van der Waals surface area contributed by atoms with Crippen LogP contribution in [0.1, 0.15) is 13.8 Å². The van der Waals surface area contributed by atoms with Crippen molar-refractivity contribution in [2.24, 2.45) is 0 Å². The first-order valence-corrected chi connectivity index (χ1v) is 3.25. The quantitative estimate of drug-likeness (QED) is 0.505. The summed E-state index contributed by atoms with van der Waals surface area (Å²) in [7, 11) is 0. The molecule has 0 aliphatic rings. The van der Waals surface area contributed by atoms with E-state index >= 15 is 0 Å². The van der Waals surface area contributed by atoms with E-state index in [9.17, 15) is 31.1 Å². The maximum absolute atomic E-state index is 12.0. The SMILES string of the molecule is CC(=O)OC(C)(C(F)(F)F)C(F)(F)F. The molecule has 0 aliphatic heterocycles. The van der Waals surface area contributed by atoms with E-state index < -0.39 is 23.9 Å². The van der Waals surface area contributed by atoms with Crippen molar-refractivity contribution in [2.75, 3.05) is 0 Å². The molecule has 0 fully saturated rings. The van der Waals surface area contributed by atoms with E-state index in [0.29, 0.717) is 6.92 Å². The van der Waals surface area contributed by atoms with E-state index in [2.05, 4.69) is 4.74 Å². The van der Waals surface area contributed by atoms with Gasteiger partial charge in [0.05, 0.1) is 0 Å². The Morgan fingerprint density at radius 1 is 1.00 bits per heavy atom. The highest BCUT2D eigenvalue weighted by atomic mass is 19.4. The molecule has 0 heterocycles. The molecule has 0 unspecified atom stereocenters. The van der Waals surface area contributed by atoms with Crippen molar-refractivity contribution in [3.63, 3.8) is 0 Å². The van der Waals surface area contributed by atoms with Crippen LogP contribution in [0.5, 0.6) is 0 Å². The first kappa shape index (κ1) is 13.0. The number of hydrogen-bond acceptors (Lipinski definition) is 2. The lowest BCUT2D eigenvalue weighted by Crippen LogP contribution is -2.57. The smallest absolute Gasteiger partial charge is 0.437 e. The molecular weight excluding hydrogens is 218 g/mol. The Balaban J connectivity index is 5.18. The van der Waals surface area contributed by atoms with E-state index in [0.717, 1.165) is 0 Å². The number of halogens is 6. The fourth-order valence-electron chi connectivity index (χ4n) is 0.564. The van der Waals surface area contributed by atoms with Crippen molar-refractivity contribution in [2.45, 2.75) is 31.8 Å². The van der Waals surface area contributed by atoms with Gasteiger partial charge in [0.1, 0.15) is 0 Å². The summed E-state index contributed by atoms with van der Waals surface area (Å²) in [5.74, 6) is -1.65. The van der Waals surface area contributed by atoms with E-state index in [-0.39, 0.29) is 6.92 Å². The standard InChI is InChI=1S/C6H6F6O2/c1-3(13)14-4(2,5(7,8)9)6(10,11)12/h1-2H3. The first-order chi connectivity index (χ1) is 5.92. The molecule has 0 rings (SSSR count). The minimum atomic E-state index is -5.70. The molecule has 0 atom stereocenters. The van der Waals surface area contributed by atoms with Gasteiger partial charge >= 0.3 is 18.3 Å². The van der Waals surface area contributed by atoms with Crippen LogP contribution in [-0.4, -0.2) is 23.9 Å². The fraction of sp³-hybridized carbons (Fsp3) is 0.833. The van der Waals surface area contributed by atoms with Gasteiger partial charge in [-0.15, -0.1) is 0 Å². The Bertz CT molecular complexity index is 213. The van der Waals surface area contributed by atoms with Crippen LogP contribution in [0.2, 0.25) is 0 Å². The largest absolute Gasteiger partial charge is 0.440 e. The van der Waals surface area contributed by atoms with Gasteiger partial charge in [-0.3, -0.25) is 4.79 Å². The second-order valence-electron chi connectivity index (χ2n) is 2.62. The van der Waals surface area contributed by atoms with Crippen molar-refractivity contribution in [3.8, 4) is 0 Å². The number of carbonyl (C=O) groups excluding carboxylic acids is 1. The Kier molecular flexibility index (Phi) is 3.10. The summed E-state index contributed by atoms with van der Waals surface area (Å²) in [5, 5.41) is 0. The lowest BCUT2D eigenvalue weighted by Gasteiger charge is -2.32. The number of esters is 1. The van der Waals surface area contributed by atoms with Crippen molar-refractivity contribution in [1.29, 1.82) is 0 Å². The van der Waals surface area contributed by atoms with Crippen molar-refractivity contribution < 1.29 is 35.9 Å². The highest BCUT2D eigenvalue weighted by molar-refractivity contribution is 5.66. The maximum Gasteiger partial charge on any atom is 0.437 e. The summed E-state index contributed by atoms with van der Waals surface area (Å²) < 4.78 is 75.1. The van der Waals surface area contributed by atoms with Crippen LogP contribution in [0.15, 0.2) is 0 Å². The number of rotatable bonds is 1. The Morgan fingerprint density at radius 2 is 1.29 bits per heavy atom. The van der Waals surface area contributed by atoms with Crippen LogP contribution in [0.3, 0.4) is 0 Å².